The van der Waals surface area contributed by atoms with E-state index < -0.39 is 0 Å². The first-order valence-electron chi connectivity index (χ1n) is 9.98. The molecule has 31 heavy (non-hydrogen) atoms. The van der Waals surface area contributed by atoms with Crippen molar-refractivity contribution in [3.8, 4) is 0 Å². The van der Waals surface area contributed by atoms with E-state index >= 15 is 0 Å². The minimum absolute atomic E-state index is 0.0555. The fourth-order valence-electron chi connectivity index (χ4n) is 3.59. The number of hydrogen-bond acceptors (Lipinski definition) is 6. The molecule has 158 valence electrons. The molecule has 0 radical (unpaired) electrons. The molecule has 2 heterocycles. The van der Waals surface area contributed by atoms with E-state index in [1.807, 2.05) is 24.3 Å². The van der Waals surface area contributed by atoms with Gasteiger partial charge in [-0.1, -0.05) is 23.7 Å². The molecule has 2 N–H and O–H groups in total. The number of ketones is 1. The van der Waals surface area contributed by atoms with Crippen molar-refractivity contribution in [1.29, 1.82) is 0 Å². The van der Waals surface area contributed by atoms with Gasteiger partial charge in [-0.3, -0.25) is 9.59 Å². The van der Waals surface area contributed by atoms with Gasteiger partial charge in [0.2, 0.25) is 11.9 Å². The summed E-state index contributed by atoms with van der Waals surface area (Å²) in [4.78, 5) is 34.4. The lowest BCUT2D eigenvalue weighted by molar-refractivity contribution is -0.118. The molecule has 4 rings (SSSR count). The van der Waals surface area contributed by atoms with Crippen LogP contribution in [-0.2, 0) is 11.2 Å². The monoisotopic (exact) mass is 435 g/mol. The molecule has 0 saturated carbocycles. The number of carbonyl (C=O) groups excluding carboxylic acids is 2. The van der Waals surface area contributed by atoms with E-state index in [-0.39, 0.29) is 11.7 Å². The van der Waals surface area contributed by atoms with E-state index in [4.69, 9.17) is 11.6 Å². The summed E-state index contributed by atoms with van der Waals surface area (Å²) < 4.78 is 0. The van der Waals surface area contributed by atoms with Crippen LogP contribution in [0.4, 0.5) is 28.8 Å². The maximum Gasteiger partial charge on any atom is 0.229 e. The lowest BCUT2D eigenvalue weighted by atomic mass is 10.1. The minimum atomic E-state index is -0.0555. The van der Waals surface area contributed by atoms with E-state index in [1.165, 1.54) is 13.1 Å². The molecular formula is C23H22ClN5O2. The van der Waals surface area contributed by atoms with Gasteiger partial charge in [0.15, 0.2) is 11.6 Å². The normalized spacial score (nSPS) is 13.4. The topological polar surface area (TPSA) is 87.2 Å². The highest BCUT2D eigenvalue weighted by molar-refractivity contribution is 6.33. The molecule has 0 aliphatic carbocycles. The maximum atomic E-state index is 12.1. The largest absolute Gasteiger partial charge is 0.338 e. The summed E-state index contributed by atoms with van der Waals surface area (Å²) in [6.45, 7) is 1.51. The standard InChI is InChI=1S/C23H22ClN5O2/c1-14(30)17-7-3-4-8-19(17)27-22-18(24)13-25-23(28-22)26-16-10-11-20-15(12-16)6-5-9-21(31)29(20)2/h3-4,7-8,10-13H,5-6,9H2,1-2H3,(H2,25,26,27,28). The molecule has 0 saturated heterocycles. The summed E-state index contributed by atoms with van der Waals surface area (Å²) in [5.74, 6) is 0.834. The average molecular weight is 436 g/mol. The highest BCUT2D eigenvalue weighted by Gasteiger charge is 2.19. The number of aryl methyl sites for hydroxylation is 1. The van der Waals surface area contributed by atoms with Crippen LogP contribution in [0.15, 0.2) is 48.7 Å². The van der Waals surface area contributed by atoms with Gasteiger partial charge in [-0.2, -0.15) is 4.98 Å². The van der Waals surface area contributed by atoms with Crippen LogP contribution >= 0.6 is 11.6 Å². The minimum Gasteiger partial charge on any atom is -0.338 e. The summed E-state index contributed by atoms with van der Waals surface area (Å²) in [5, 5.41) is 6.67. The SMILES string of the molecule is CC(=O)c1ccccc1Nc1nc(Nc2ccc3c(c2)CCCC(=O)N3C)ncc1Cl. The summed E-state index contributed by atoms with van der Waals surface area (Å²) in [6, 6.07) is 13.0. The first kappa shape index (κ1) is 20.8. The van der Waals surface area contributed by atoms with E-state index in [2.05, 4.69) is 20.6 Å². The Morgan fingerprint density at radius 1 is 1.13 bits per heavy atom. The third-order valence-electron chi connectivity index (χ3n) is 5.21. The smallest absolute Gasteiger partial charge is 0.229 e. The number of hydrogen-bond donors (Lipinski definition) is 2. The van der Waals surface area contributed by atoms with Crippen LogP contribution < -0.4 is 15.5 Å². The molecule has 0 bridgehead atoms. The van der Waals surface area contributed by atoms with Crippen molar-refractivity contribution in [3.05, 3.63) is 64.8 Å². The maximum absolute atomic E-state index is 12.1. The van der Waals surface area contributed by atoms with Crippen LogP contribution in [0.25, 0.3) is 0 Å². The molecule has 0 unspecified atom stereocenters. The van der Waals surface area contributed by atoms with Gasteiger partial charge in [0, 0.05) is 30.4 Å². The number of amides is 1. The van der Waals surface area contributed by atoms with Crippen LogP contribution in [0.2, 0.25) is 5.02 Å². The molecule has 3 aromatic rings. The molecule has 7 nitrogen and oxygen atoms in total. The Morgan fingerprint density at radius 2 is 1.94 bits per heavy atom. The van der Waals surface area contributed by atoms with Crippen LogP contribution in [0, 0.1) is 0 Å². The number of rotatable bonds is 5. The van der Waals surface area contributed by atoms with Gasteiger partial charge >= 0.3 is 0 Å². The van der Waals surface area contributed by atoms with Gasteiger partial charge in [0.1, 0.15) is 5.02 Å². The number of nitrogens with one attached hydrogen (secondary N) is 2. The highest BCUT2D eigenvalue weighted by Crippen LogP contribution is 2.31. The second-order valence-corrected chi connectivity index (χ2v) is 7.80. The molecule has 1 aliphatic rings. The predicted molar refractivity (Wildman–Crippen MR) is 123 cm³/mol. The van der Waals surface area contributed by atoms with Crippen molar-refractivity contribution in [1.82, 2.24) is 9.97 Å². The lowest BCUT2D eigenvalue weighted by Gasteiger charge is -2.18. The van der Waals surface area contributed by atoms with Gasteiger partial charge in [-0.05, 0) is 55.7 Å². The molecular weight excluding hydrogens is 414 g/mol. The van der Waals surface area contributed by atoms with Crippen LogP contribution in [0.3, 0.4) is 0 Å². The summed E-state index contributed by atoms with van der Waals surface area (Å²) in [6.07, 6.45) is 3.70. The second kappa shape index (κ2) is 8.73. The van der Waals surface area contributed by atoms with Crippen molar-refractivity contribution in [3.63, 3.8) is 0 Å². The van der Waals surface area contributed by atoms with Crippen molar-refractivity contribution >= 4 is 52.1 Å². The fraction of sp³-hybridized carbons (Fsp3) is 0.217. The number of para-hydroxylation sites is 1. The fourth-order valence-corrected chi connectivity index (χ4v) is 3.73. The zero-order valence-electron chi connectivity index (χ0n) is 17.3. The molecule has 1 aromatic heterocycles. The number of Topliss-reactive ketones (excluding diaryl/α,β-unsaturated/α-hetero) is 1. The number of anilines is 5. The van der Waals surface area contributed by atoms with Crippen molar-refractivity contribution in [2.45, 2.75) is 26.2 Å². The lowest BCUT2D eigenvalue weighted by Crippen LogP contribution is -2.24. The van der Waals surface area contributed by atoms with Crippen LogP contribution in [-0.4, -0.2) is 28.7 Å². The molecule has 8 heteroatoms. The molecule has 1 aliphatic heterocycles. The van der Waals surface area contributed by atoms with E-state index in [0.717, 1.165) is 29.8 Å². The first-order chi connectivity index (χ1) is 14.9. The Labute approximate surface area is 185 Å². The summed E-state index contributed by atoms with van der Waals surface area (Å²) in [7, 11) is 1.80. The Balaban J connectivity index is 1.59. The summed E-state index contributed by atoms with van der Waals surface area (Å²) >= 11 is 6.29. The van der Waals surface area contributed by atoms with Gasteiger partial charge in [-0.15, -0.1) is 0 Å². The van der Waals surface area contributed by atoms with Gasteiger partial charge < -0.3 is 15.5 Å². The molecule has 0 atom stereocenters. The predicted octanol–water partition coefficient (Wildman–Crippen LogP) is 5.12. The van der Waals surface area contributed by atoms with E-state index in [0.29, 0.717) is 34.5 Å². The number of fused-ring (bicyclic) bond motifs is 1. The Kier molecular flexibility index (Phi) is 5.86. The molecule has 0 spiro atoms. The van der Waals surface area contributed by atoms with Crippen molar-refractivity contribution in [2.75, 3.05) is 22.6 Å². The van der Waals surface area contributed by atoms with Crippen LogP contribution in [0.5, 0.6) is 0 Å². The highest BCUT2D eigenvalue weighted by atomic mass is 35.5. The Hall–Kier alpha value is -3.45. The van der Waals surface area contributed by atoms with E-state index in [9.17, 15) is 9.59 Å². The Bertz CT molecular complexity index is 1160. The van der Waals surface area contributed by atoms with Gasteiger partial charge in [-0.25, -0.2) is 4.98 Å². The zero-order chi connectivity index (χ0) is 22.0. The quantitative estimate of drug-likeness (QED) is 0.541. The molecule has 1 amide bonds. The summed E-state index contributed by atoms with van der Waals surface area (Å²) in [5.41, 5.74) is 4.02. The zero-order valence-corrected chi connectivity index (χ0v) is 18.0. The van der Waals surface area contributed by atoms with Crippen molar-refractivity contribution < 1.29 is 9.59 Å². The Morgan fingerprint density at radius 3 is 2.74 bits per heavy atom. The molecule has 2 aromatic carbocycles. The van der Waals surface area contributed by atoms with Crippen molar-refractivity contribution in [2.24, 2.45) is 0 Å². The van der Waals surface area contributed by atoms with E-state index in [1.54, 1.807) is 30.1 Å². The van der Waals surface area contributed by atoms with Gasteiger partial charge in [0.05, 0.1) is 11.9 Å². The van der Waals surface area contributed by atoms with Gasteiger partial charge in [0.25, 0.3) is 0 Å². The number of benzene rings is 2. The average Bonchev–Trinajstić information content (AvgIpc) is 2.89. The first-order valence-corrected chi connectivity index (χ1v) is 10.4. The second-order valence-electron chi connectivity index (χ2n) is 7.39. The number of nitrogens with zero attached hydrogens (tertiary/aromatic N) is 3. The third kappa shape index (κ3) is 4.51. The number of carbonyl (C=O) groups is 2. The van der Waals surface area contributed by atoms with Crippen LogP contribution in [0.1, 0.15) is 35.7 Å². The number of halogens is 1. The molecule has 0 fully saturated rings. The number of aromatic nitrogens is 2. The third-order valence-corrected chi connectivity index (χ3v) is 5.49.